The minimum atomic E-state index is -0.486. The molecule has 0 radical (unpaired) electrons. The first kappa shape index (κ1) is 18.9. The Morgan fingerprint density at radius 3 is 2.23 bits per heavy atom. The van der Waals surface area contributed by atoms with Gasteiger partial charge in [0.1, 0.15) is 5.70 Å². The molecule has 0 N–H and O–H groups in total. The first-order valence-corrected chi connectivity index (χ1v) is 9.16. The number of amidine groups is 1. The van der Waals surface area contributed by atoms with Gasteiger partial charge in [0.2, 0.25) is 0 Å². The maximum absolute atomic E-state index is 13.0. The Hall–Kier alpha value is -4.39. The molecular formula is C23H16N4O3. The van der Waals surface area contributed by atoms with Crippen LogP contribution in [-0.2, 0) is 4.79 Å². The Kier molecular flexibility index (Phi) is 5.25. The molecule has 0 fully saturated rings. The maximum atomic E-state index is 13.0. The zero-order valence-corrected chi connectivity index (χ0v) is 15.8. The number of nitro benzene ring substituents is 1. The lowest BCUT2D eigenvalue weighted by Gasteiger charge is -2.11. The predicted molar refractivity (Wildman–Crippen MR) is 115 cm³/mol. The summed E-state index contributed by atoms with van der Waals surface area (Å²) in [7, 11) is 0. The van der Waals surface area contributed by atoms with Crippen molar-refractivity contribution in [1.82, 2.24) is 5.01 Å². The Bertz CT molecular complexity index is 1190. The van der Waals surface area contributed by atoms with Crippen LogP contribution in [0.15, 0.2) is 101 Å². The van der Waals surface area contributed by atoms with E-state index in [0.29, 0.717) is 17.0 Å². The van der Waals surface area contributed by atoms with Gasteiger partial charge in [-0.2, -0.15) is 10.1 Å². The van der Waals surface area contributed by atoms with Gasteiger partial charge in [-0.15, -0.1) is 0 Å². The zero-order chi connectivity index (χ0) is 20.9. The van der Waals surface area contributed by atoms with Crippen LogP contribution in [0.2, 0.25) is 0 Å². The summed E-state index contributed by atoms with van der Waals surface area (Å²) in [5, 5.41) is 16.7. The lowest BCUT2D eigenvalue weighted by molar-refractivity contribution is -0.385. The third kappa shape index (κ3) is 3.90. The highest BCUT2D eigenvalue weighted by Gasteiger charge is 2.31. The van der Waals surface area contributed by atoms with Crippen LogP contribution >= 0.6 is 0 Å². The molecule has 3 aromatic carbocycles. The summed E-state index contributed by atoms with van der Waals surface area (Å²) in [5.74, 6) is -0.0508. The second kappa shape index (κ2) is 8.32. The summed E-state index contributed by atoms with van der Waals surface area (Å²) < 4.78 is 0. The molecule has 0 atom stereocenters. The fraction of sp³-hybridized carbons (Fsp3) is 0. The molecule has 0 spiro atoms. The average molecular weight is 396 g/mol. The predicted octanol–water partition coefficient (Wildman–Crippen LogP) is 4.26. The van der Waals surface area contributed by atoms with Crippen LogP contribution < -0.4 is 0 Å². The molecule has 0 unspecified atom stereocenters. The van der Waals surface area contributed by atoms with Gasteiger partial charge in [0.05, 0.1) is 16.7 Å². The highest BCUT2D eigenvalue weighted by atomic mass is 16.6. The summed E-state index contributed by atoms with van der Waals surface area (Å²) in [6.45, 7) is 0. The van der Waals surface area contributed by atoms with E-state index >= 15 is 0 Å². The number of para-hydroxylation sites is 1. The van der Waals surface area contributed by atoms with Crippen LogP contribution in [-0.4, -0.2) is 27.9 Å². The van der Waals surface area contributed by atoms with E-state index in [9.17, 15) is 14.9 Å². The normalized spacial score (nSPS) is 15.1. The molecule has 0 saturated heterocycles. The minimum Gasteiger partial charge on any atom is -0.265 e. The van der Waals surface area contributed by atoms with E-state index in [1.165, 1.54) is 17.3 Å². The lowest BCUT2D eigenvalue weighted by Crippen LogP contribution is -2.27. The van der Waals surface area contributed by atoms with Crippen molar-refractivity contribution < 1.29 is 9.72 Å². The van der Waals surface area contributed by atoms with Gasteiger partial charge < -0.3 is 0 Å². The van der Waals surface area contributed by atoms with E-state index in [4.69, 9.17) is 0 Å². The minimum absolute atomic E-state index is 0.0915. The molecular weight excluding hydrogens is 380 g/mol. The highest BCUT2D eigenvalue weighted by Crippen LogP contribution is 2.23. The summed E-state index contributed by atoms with van der Waals surface area (Å²) in [6.07, 6.45) is 2.99. The molecule has 7 nitrogen and oxygen atoms in total. The van der Waals surface area contributed by atoms with Crippen molar-refractivity contribution in [3.05, 3.63) is 117 Å². The van der Waals surface area contributed by atoms with E-state index in [1.54, 1.807) is 24.3 Å². The summed E-state index contributed by atoms with van der Waals surface area (Å²) >= 11 is 0. The number of benzene rings is 3. The van der Waals surface area contributed by atoms with Crippen molar-refractivity contribution in [3.63, 3.8) is 0 Å². The van der Waals surface area contributed by atoms with Crippen LogP contribution in [0.3, 0.4) is 0 Å². The standard InChI is InChI=1S/C23H16N4O3/c28-23-20(15-17-9-3-1-4-10-17)25-22(18-11-5-2-6-12-18)26(23)24-16-19-13-7-8-14-21(19)27(29)30/h1-16H/b20-15-,24-16+. The topological polar surface area (TPSA) is 88.2 Å². The van der Waals surface area contributed by atoms with Crippen LogP contribution in [0.25, 0.3) is 6.08 Å². The van der Waals surface area contributed by atoms with Crippen molar-refractivity contribution in [3.8, 4) is 0 Å². The van der Waals surface area contributed by atoms with Gasteiger partial charge in [0.15, 0.2) is 5.84 Å². The van der Waals surface area contributed by atoms with E-state index in [0.717, 1.165) is 5.56 Å². The fourth-order valence-corrected chi connectivity index (χ4v) is 2.98. The van der Waals surface area contributed by atoms with Crippen molar-refractivity contribution in [2.24, 2.45) is 10.1 Å². The van der Waals surface area contributed by atoms with Gasteiger partial charge in [-0.05, 0) is 17.7 Å². The van der Waals surface area contributed by atoms with Crippen LogP contribution in [0.1, 0.15) is 16.7 Å². The molecule has 1 aliphatic rings. The third-order valence-electron chi connectivity index (χ3n) is 4.42. The first-order valence-electron chi connectivity index (χ1n) is 9.16. The molecule has 1 aliphatic heterocycles. The molecule has 0 bridgehead atoms. The van der Waals surface area contributed by atoms with Crippen molar-refractivity contribution in [2.75, 3.05) is 0 Å². The van der Waals surface area contributed by atoms with Crippen molar-refractivity contribution in [2.45, 2.75) is 0 Å². The monoisotopic (exact) mass is 396 g/mol. The van der Waals surface area contributed by atoms with Crippen LogP contribution in [0.5, 0.6) is 0 Å². The Morgan fingerprint density at radius 1 is 0.900 bits per heavy atom. The maximum Gasteiger partial charge on any atom is 0.298 e. The van der Waals surface area contributed by atoms with Gasteiger partial charge in [-0.1, -0.05) is 72.8 Å². The molecule has 146 valence electrons. The second-order valence-electron chi connectivity index (χ2n) is 6.42. The summed E-state index contributed by atoms with van der Waals surface area (Å²) in [6, 6.07) is 24.8. The second-order valence-corrected chi connectivity index (χ2v) is 6.42. The number of aliphatic imine (C=N–C) groups is 1. The number of amides is 1. The molecule has 0 aromatic heterocycles. The zero-order valence-electron chi connectivity index (χ0n) is 15.8. The molecule has 0 aliphatic carbocycles. The quantitative estimate of drug-likeness (QED) is 0.279. The summed E-state index contributed by atoms with van der Waals surface area (Å²) in [5.41, 5.74) is 1.98. The van der Waals surface area contributed by atoms with Gasteiger partial charge in [-0.25, -0.2) is 4.99 Å². The average Bonchev–Trinajstić information content (AvgIpc) is 3.09. The molecule has 0 saturated carbocycles. The number of nitro groups is 1. The molecule has 1 heterocycles. The van der Waals surface area contributed by atoms with Gasteiger partial charge in [-0.3, -0.25) is 14.9 Å². The molecule has 4 rings (SSSR count). The van der Waals surface area contributed by atoms with Gasteiger partial charge in [0, 0.05) is 11.6 Å². The van der Waals surface area contributed by atoms with E-state index < -0.39 is 10.8 Å². The largest absolute Gasteiger partial charge is 0.298 e. The van der Waals surface area contributed by atoms with Crippen molar-refractivity contribution >= 4 is 29.7 Å². The lowest BCUT2D eigenvalue weighted by atomic mass is 10.2. The van der Waals surface area contributed by atoms with Gasteiger partial charge >= 0.3 is 0 Å². The van der Waals surface area contributed by atoms with Gasteiger partial charge in [0.25, 0.3) is 11.6 Å². The number of hydrogen-bond donors (Lipinski definition) is 0. The highest BCUT2D eigenvalue weighted by molar-refractivity contribution is 6.19. The Labute approximate surface area is 172 Å². The molecule has 7 heteroatoms. The first-order chi connectivity index (χ1) is 14.6. The SMILES string of the molecule is O=C1/C(=C/c2ccccc2)N=C(c2ccccc2)N1/N=C/c1ccccc1[N+](=O)[O-]. The van der Waals surface area contributed by atoms with E-state index in [1.807, 2.05) is 60.7 Å². The summed E-state index contributed by atoms with van der Waals surface area (Å²) in [4.78, 5) is 28.3. The Morgan fingerprint density at radius 2 is 1.53 bits per heavy atom. The Balaban J connectivity index is 1.74. The number of hydrazone groups is 1. The molecule has 30 heavy (non-hydrogen) atoms. The van der Waals surface area contributed by atoms with Crippen LogP contribution in [0.4, 0.5) is 5.69 Å². The number of rotatable bonds is 5. The fourth-order valence-electron chi connectivity index (χ4n) is 2.98. The van der Waals surface area contributed by atoms with E-state index in [2.05, 4.69) is 10.1 Å². The van der Waals surface area contributed by atoms with Crippen LogP contribution in [0, 0.1) is 10.1 Å². The van der Waals surface area contributed by atoms with E-state index in [-0.39, 0.29) is 11.4 Å². The number of nitrogens with zero attached hydrogens (tertiary/aromatic N) is 4. The number of carbonyl (C=O) groups is 1. The number of carbonyl (C=O) groups excluding carboxylic acids is 1. The molecule has 3 aromatic rings. The smallest absolute Gasteiger partial charge is 0.265 e. The molecule has 1 amide bonds. The van der Waals surface area contributed by atoms with Crippen molar-refractivity contribution in [1.29, 1.82) is 0 Å². The number of hydrogen-bond acceptors (Lipinski definition) is 5. The third-order valence-corrected chi connectivity index (χ3v) is 4.42.